The van der Waals surface area contributed by atoms with E-state index >= 15 is 0 Å². The summed E-state index contributed by atoms with van der Waals surface area (Å²) in [6.45, 7) is 4.22. The Balaban J connectivity index is 1.75. The number of carbonyl (C=O) groups excluding carboxylic acids is 2. The first-order valence-corrected chi connectivity index (χ1v) is 7.67. The molecule has 0 aromatic heterocycles. The summed E-state index contributed by atoms with van der Waals surface area (Å²) >= 11 is 0. The van der Waals surface area contributed by atoms with Gasteiger partial charge in [0.05, 0.1) is 0 Å². The average molecular weight is 302 g/mol. The second-order valence-corrected chi connectivity index (χ2v) is 6.44. The Morgan fingerprint density at radius 3 is 2.82 bits per heavy atom. The van der Waals surface area contributed by atoms with E-state index in [1.54, 1.807) is 0 Å². The Bertz CT molecular complexity index is 601. The molecule has 118 valence electrons. The van der Waals surface area contributed by atoms with Gasteiger partial charge in [0.15, 0.2) is 0 Å². The third-order valence-corrected chi connectivity index (χ3v) is 4.79. The summed E-state index contributed by atoms with van der Waals surface area (Å²) in [5, 5.41) is 0. The summed E-state index contributed by atoms with van der Waals surface area (Å²) < 4.78 is 4.93. The number of para-hydroxylation sites is 1. The number of likely N-dealkylation sites (tertiary alicyclic amines) is 1. The Kier molecular flexibility index (Phi) is 3.91. The molecule has 0 radical (unpaired) electrons. The summed E-state index contributed by atoms with van der Waals surface area (Å²) in [4.78, 5) is 28.2. The van der Waals surface area contributed by atoms with E-state index < -0.39 is 0 Å². The number of hydrogen-bond acceptors (Lipinski definition) is 3. The summed E-state index contributed by atoms with van der Waals surface area (Å²) in [5.41, 5.74) is 2.01. The molecule has 1 atom stereocenters. The van der Waals surface area contributed by atoms with Crippen molar-refractivity contribution in [3.63, 3.8) is 0 Å². The summed E-state index contributed by atoms with van der Waals surface area (Å²) in [6.07, 6.45) is 1.41. The van der Waals surface area contributed by atoms with Crippen molar-refractivity contribution in [1.82, 2.24) is 4.90 Å². The summed E-state index contributed by atoms with van der Waals surface area (Å²) in [7, 11) is 1.53. The Morgan fingerprint density at radius 1 is 1.32 bits per heavy atom. The lowest BCUT2D eigenvalue weighted by atomic mass is 9.86. The third-order valence-electron chi connectivity index (χ3n) is 4.79. The molecule has 2 fully saturated rings. The minimum atomic E-state index is -0.0945. The van der Waals surface area contributed by atoms with Crippen LogP contribution in [0.4, 0.5) is 5.69 Å². The molecule has 2 aliphatic heterocycles. The Hall–Kier alpha value is -1.88. The van der Waals surface area contributed by atoms with Gasteiger partial charge in [-0.2, -0.15) is 0 Å². The first-order valence-electron chi connectivity index (χ1n) is 7.67. The Labute approximate surface area is 130 Å². The molecule has 2 amide bonds. The van der Waals surface area contributed by atoms with Crippen molar-refractivity contribution in [1.29, 1.82) is 0 Å². The van der Waals surface area contributed by atoms with Crippen molar-refractivity contribution in [3.05, 3.63) is 29.8 Å². The zero-order valence-corrected chi connectivity index (χ0v) is 13.2. The molecule has 1 aromatic rings. The molecule has 5 heteroatoms. The molecule has 2 saturated heterocycles. The second-order valence-electron chi connectivity index (χ2n) is 6.44. The van der Waals surface area contributed by atoms with Crippen LogP contribution in [-0.4, -0.2) is 50.1 Å². The van der Waals surface area contributed by atoms with Crippen LogP contribution in [0.2, 0.25) is 0 Å². The quantitative estimate of drug-likeness (QED) is 0.852. The predicted molar refractivity (Wildman–Crippen MR) is 83.7 cm³/mol. The lowest BCUT2D eigenvalue weighted by Gasteiger charge is -2.25. The number of anilines is 1. The molecule has 1 aromatic carbocycles. The van der Waals surface area contributed by atoms with Crippen LogP contribution in [0.15, 0.2) is 24.3 Å². The maximum atomic E-state index is 12.5. The molecule has 22 heavy (non-hydrogen) atoms. The number of hydrogen-bond donors (Lipinski definition) is 0. The van der Waals surface area contributed by atoms with Gasteiger partial charge in [-0.05, 0) is 25.0 Å². The maximum Gasteiger partial charge on any atom is 0.248 e. The number of carbonyl (C=O) groups is 2. The SMILES string of the molecule is COCC(=O)N1CC[C@@]2(CC(=O)N(c3ccccc3C)C2)C1. The molecule has 2 heterocycles. The van der Waals surface area contributed by atoms with Gasteiger partial charge in [0, 0.05) is 44.3 Å². The van der Waals surface area contributed by atoms with Gasteiger partial charge in [-0.25, -0.2) is 0 Å². The predicted octanol–water partition coefficient (Wildman–Crippen LogP) is 1.60. The van der Waals surface area contributed by atoms with Crippen LogP contribution in [0.1, 0.15) is 18.4 Å². The zero-order valence-electron chi connectivity index (χ0n) is 13.2. The molecular formula is C17H22N2O3. The lowest BCUT2D eigenvalue weighted by Crippen LogP contribution is -2.35. The van der Waals surface area contributed by atoms with Gasteiger partial charge in [0.2, 0.25) is 11.8 Å². The summed E-state index contributed by atoms with van der Waals surface area (Å²) in [6, 6.07) is 7.96. The number of amides is 2. The molecule has 2 aliphatic rings. The van der Waals surface area contributed by atoms with E-state index in [2.05, 4.69) is 0 Å². The van der Waals surface area contributed by atoms with E-state index in [1.807, 2.05) is 41.0 Å². The van der Waals surface area contributed by atoms with Crippen LogP contribution in [0.3, 0.4) is 0 Å². The van der Waals surface area contributed by atoms with E-state index in [0.717, 1.165) is 24.2 Å². The van der Waals surface area contributed by atoms with E-state index in [9.17, 15) is 9.59 Å². The van der Waals surface area contributed by atoms with Gasteiger partial charge >= 0.3 is 0 Å². The topological polar surface area (TPSA) is 49.9 Å². The first kappa shape index (κ1) is 15.0. The van der Waals surface area contributed by atoms with E-state index in [-0.39, 0.29) is 23.8 Å². The number of ether oxygens (including phenoxy) is 1. The molecule has 3 rings (SSSR count). The van der Waals surface area contributed by atoms with Crippen LogP contribution >= 0.6 is 0 Å². The number of aryl methyl sites for hydroxylation is 1. The van der Waals surface area contributed by atoms with Crippen molar-refractivity contribution in [3.8, 4) is 0 Å². The van der Waals surface area contributed by atoms with Gasteiger partial charge in [0.25, 0.3) is 0 Å². The minimum Gasteiger partial charge on any atom is -0.375 e. The van der Waals surface area contributed by atoms with Gasteiger partial charge < -0.3 is 14.5 Å². The second kappa shape index (κ2) is 5.72. The maximum absolute atomic E-state index is 12.5. The van der Waals surface area contributed by atoms with Crippen LogP contribution in [0.25, 0.3) is 0 Å². The van der Waals surface area contributed by atoms with Gasteiger partial charge in [-0.15, -0.1) is 0 Å². The molecule has 5 nitrogen and oxygen atoms in total. The van der Waals surface area contributed by atoms with Crippen molar-refractivity contribution in [2.75, 3.05) is 38.3 Å². The van der Waals surface area contributed by atoms with Crippen molar-refractivity contribution < 1.29 is 14.3 Å². The highest BCUT2D eigenvalue weighted by atomic mass is 16.5. The standard InChI is InChI=1S/C17H22N2O3/c1-13-5-3-4-6-14(13)19-12-17(9-15(19)20)7-8-18(11-17)16(21)10-22-2/h3-6H,7-12H2,1-2H3/t17-/m1/s1. The number of methoxy groups -OCH3 is 1. The van der Waals surface area contributed by atoms with Crippen LogP contribution in [0, 0.1) is 12.3 Å². The van der Waals surface area contributed by atoms with E-state index in [4.69, 9.17) is 4.74 Å². The highest BCUT2D eigenvalue weighted by Gasteiger charge is 2.48. The van der Waals surface area contributed by atoms with Crippen molar-refractivity contribution >= 4 is 17.5 Å². The third kappa shape index (κ3) is 2.61. The molecule has 0 aliphatic carbocycles. The van der Waals surface area contributed by atoms with Crippen molar-refractivity contribution in [2.24, 2.45) is 5.41 Å². The van der Waals surface area contributed by atoms with Gasteiger partial charge in [-0.1, -0.05) is 18.2 Å². The van der Waals surface area contributed by atoms with Crippen molar-refractivity contribution in [2.45, 2.75) is 19.8 Å². The van der Waals surface area contributed by atoms with E-state index in [0.29, 0.717) is 19.5 Å². The van der Waals surface area contributed by atoms with E-state index in [1.165, 1.54) is 7.11 Å². The number of nitrogens with zero attached hydrogens (tertiary/aromatic N) is 2. The molecular weight excluding hydrogens is 280 g/mol. The molecule has 1 spiro atoms. The zero-order chi connectivity index (χ0) is 15.7. The Morgan fingerprint density at radius 2 is 2.09 bits per heavy atom. The largest absolute Gasteiger partial charge is 0.375 e. The highest BCUT2D eigenvalue weighted by molar-refractivity contribution is 5.97. The molecule has 0 N–H and O–H groups in total. The van der Waals surface area contributed by atoms with Crippen LogP contribution < -0.4 is 4.90 Å². The fraction of sp³-hybridized carbons (Fsp3) is 0.529. The highest BCUT2D eigenvalue weighted by Crippen LogP contribution is 2.42. The van der Waals surface area contributed by atoms with Gasteiger partial charge in [-0.3, -0.25) is 9.59 Å². The fourth-order valence-corrected chi connectivity index (χ4v) is 3.62. The number of benzene rings is 1. The normalized spacial score (nSPS) is 24.5. The number of rotatable bonds is 3. The average Bonchev–Trinajstić information content (AvgIpc) is 3.04. The molecule has 0 unspecified atom stereocenters. The fourth-order valence-electron chi connectivity index (χ4n) is 3.62. The lowest BCUT2D eigenvalue weighted by molar-refractivity contribution is -0.134. The smallest absolute Gasteiger partial charge is 0.248 e. The molecule has 0 bridgehead atoms. The van der Waals surface area contributed by atoms with Crippen LogP contribution in [-0.2, 0) is 14.3 Å². The molecule has 0 saturated carbocycles. The van der Waals surface area contributed by atoms with Crippen LogP contribution in [0.5, 0.6) is 0 Å². The summed E-state index contributed by atoms with van der Waals surface area (Å²) in [5.74, 6) is 0.177. The monoisotopic (exact) mass is 302 g/mol. The minimum absolute atomic E-state index is 0.0150. The van der Waals surface area contributed by atoms with Gasteiger partial charge in [0.1, 0.15) is 6.61 Å². The first-order chi connectivity index (χ1) is 10.5.